The molecule has 0 aromatic carbocycles. The van der Waals surface area contributed by atoms with E-state index in [1.54, 1.807) is 0 Å². The Morgan fingerprint density at radius 2 is 2.46 bits per heavy atom. The van der Waals surface area contributed by atoms with Crippen LogP contribution in [-0.2, 0) is 9.53 Å². The van der Waals surface area contributed by atoms with Gasteiger partial charge in [0.1, 0.15) is 5.54 Å². The number of aliphatic hydroxyl groups is 1. The number of hydrogen-bond acceptors (Lipinski definition) is 4. The Labute approximate surface area is 77.5 Å². The first-order valence-corrected chi connectivity index (χ1v) is 4.70. The third-order valence-electron chi connectivity index (χ3n) is 3.19. The highest BCUT2D eigenvalue weighted by atomic mass is 16.5. The van der Waals surface area contributed by atoms with Gasteiger partial charge < -0.3 is 9.84 Å². The van der Waals surface area contributed by atoms with E-state index in [9.17, 15) is 9.90 Å². The standard InChI is InChI=1S/C9H15NO3/c1-13-8(12)9-3-2-4-10(9)6-7(11)5-9/h7,11H,2-6H2,1H3/t7-,9-/m0/s1. The van der Waals surface area contributed by atoms with Crippen molar-refractivity contribution in [3.63, 3.8) is 0 Å². The Morgan fingerprint density at radius 3 is 3.15 bits per heavy atom. The second kappa shape index (κ2) is 2.96. The largest absolute Gasteiger partial charge is 0.468 e. The van der Waals surface area contributed by atoms with Crippen LogP contribution in [0.2, 0.25) is 0 Å². The molecule has 0 amide bonds. The van der Waals surface area contributed by atoms with Crippen LogP contribution in [0.25, 0.3) is 0 Å². The second-order valence-electron chi connectivity index (χ2n) is 3.93. The number of methoxy groups -OCH3 is 1. The fraction of sp³-hybridized carbons (Fsp3) is 0.889. The van der Waals surface area contributed by atoms with Crippen LogP contribution >= 0.6 is 0 Å². The Balaban J connectivity index is 2.23. The number of carbonyl (C=O) groups excluding carboxylic acids is 1. The number of esters is 1. The zero-order chi connectivity index (χ0) is 9.47. The van der Waals surface area contributed by atoms with Crippen molar-refractivity contribution in [3.05, 3.63) is 0 Å². The molecule has 4 nitrogen and oxygen atoms in total. The Morgan fingerprint density at radius 1 is 1.69 bits per heavy atom. The number of ether oxygens (including phenoxy) is 1. The predicted octanol–water partition coefficient (Wildman–Crippen LogP) is -0.241. The highest BCUT2D eigenvalue weighted by molar-refractivity contribution is 5.81. The monoisotopic (exact) mass is 185 g/mol. The molecule has 0 aromatic rings. The van der Waals surface area contributed by atoms with Gasteiger partial charge in [0.05, 0.1) is 13.2 Å². The van der Waals surface area contributed by atoms with Gasteiger partial charge in [0, 0.05) is 13.0 Å². The van der Waals surface area contributed by atoms with E-state index in [0.29, 0.717) is 13.0 Å². The molecular weight excluding hydrogens is 170 g/mol. The molecule has 4 heteroatoms. The molecule has 2 rings (SSSR count). The average Bonchev–Trinajstić information content (AvgIpc) is 2.59. The Hall–Kier alpha value is -0.610. The van der Waals surface area contributed by atoms with Gasteiger partial charge in [-0.15, -0.1) is 0 Å². The molecule has 0 saturated carbocycles. The highest BCUT2D eigenvalue weighted by Gasteiger charge is 2.54. The maximum atomic E-state index is 11.6. The molecule has 2 aliphatic rings. The lowest BCUT2D eigenvalue weighted by Gasteiger charge is -2.27. The average molecular weight is 185 g/mol. The number of carbonyl (C=O) groups is 1. The van der Waals surface area contributed by atoms with Crippen molar-refractivity contribution in [2.45, 2.75) is 30.9 Å². The van der Waals surface area contributed by atoms with Crippen LogP contribution in [-0.4, -0.2) is 47.8 Å². The number of fused-ring (bicyclic) bond motifs is 1. The molecular formula is C9H15NO3. The molecule has 0 bridgehead atoms. The van der Waals surface area contributed by atoms with E-state index >= 15 is 0 Å². The summed E-state index contributed by atoms with van der Waals surface area (Å²) in [4.78, 5) is 13.6. The molecule has 0 aromatic heterocycles. The molecule has 0 radical (unpaired) electrons. The molecule has 0 spiro atoms. The normalized spacial score (nSPS) is 39.1. The third kappa shape index (κ3) is 1.16. The molecule has 2 aliphatic heterocycles. The number of β-amino-alcohol motifs (C(OH)–C–C–N with tert-alkyl or cyclic N) is 1. The molecule has 0 aliphatic carbocycles. The summed E-state index contributed by atoms with van der Waals surface area (Å²) in [5.41, 5.74) is -0.492. The molecule has 1 N–H and O–H groups in total. The van der Waals surface area contributed by atoms with Gasteiger partial charge in [0.15, 0.2) is 0 Å². The summed E-state index contributed by atoms with van der Waals surface area (Å²) < 4.78 is 4.80. The van der Waals surface area contributed by atoms with Crippen molar-refractivity contribution in [2.75, 3.05) is 20.2 Å². The first-order chi connectivity index (χ1) is 6.19. The number of hydrogen-bond donors (Lipinski definition) is 1. The molecule has 13 heavy (non-hydrogen) atoms. The zero-order valence-electron chi connectivity index (χ0n) is 7.82. The topological polar surface area (TPSA) is 49.8 Å². The lowest BCUT2D eigenvalue weighted by Crippen LogP contribution is -2.46. The lowest BCUT2D eigenvalue weighted by molar-refractivity contribution is -0.151. The smallest absolute Gasteiger partial charge is 0.326 e. The minimum Gasteiger partial charge on any atom is -0.468 e. The number of aliphatic hydroxyl groups excluding tert-OH is 1. The fourth-order valence-corrected chi connectivity index (χ4v) is 2.64. The minimum atomic E-state index is -0.492. The number of nitrogens with zero attached hydrogens (tertiary/aromatic N) is 1. The van der Waals surface area contributed by atoms with Crippen molar-refractivity contribution in [1.29, 1.82) is 0 Å². The van der Waals surface area contributed by atoms with E-state index in [4.69, 9.17) is 4.74 Å². The van der Waals surface area contributed by atoms with Crippen LogP contribution in [0, 0.1) is 0 Å². The van der Waals surface area contributed by atoms with Gasteiger partial charge >= 0.3 is 5.97 Å². The Bertz CT molecular complexity index is 231. The van der Waals surface area contributed by atoms with Crippen LogP contribution in [0.1, 0.15) is 19.3 Å². The minimum absolute atomic E-state index is 0.179. The lowest BCUT2D eigenvalue weighted by atomic mass is 9.93. The van der Waals surface area contributed by atoms with Crippen LogP contribution in [0.4, 0.5) is 0 Å². The van der Waals surface area contributed by atoms with Crippen molar-refractivity contribution in [3.8, 4) is 0 Å². The van der Waals surface area contributed by atoms with E-state index in [-0.39, 0.29) is 12.1 Å². The van der Waals surface area contributed by atoms with Crippen LogP contribution in [0.3, 0.4) is 0 Å². The SMILES string of the molecule is COC(=O)[C@@]12CCCN1C[C@@H](O)C2. The van der Waals surface area contributed by atoms with E-state index < -0.39 is 5.54 Å². The van der Waals surface area contributed by atoms with Gasteiger partial charge in [-0.25, -0.2) is 0 Å². The summed E-state index contributed by atoms with van der Waals surface area (Å²) >= 11 is 0. The van der Waals surface area contributed by atoms with Crippen LogP contribution in [0.15, 0.2) is 0 Å². The van der Waals surface area contributed by atoms with Gasteiger partial charge in [-0.3, -0.25) is 9.69 Å². The second-order valence-corrected chi connectivity index (χ2v) is 3.93. The van der Waals surface area contributed by atoms with Crippen molar-refractivity contribution < 1.29 is 14.6 Å². The van der Waals surface area contributed by atoms with E-state index in [1.807, 2.05) is 0 Å². The van der Waals surface area contributed by atoms with Crippen molar-refractivity contribution in [1.82, 2.24) is 4.90 Å². The molecule has 74 valence electrons. The maximum absolute atomic E-state index is 11.6. The maximum Gasteiger partial charge on any atom is 0.326 e. The van der Waals surface area contributed by atoms with Gasteiger partial charge in [0.2, 0.25) is 0 Å². The highest BCUT2D eigenvalue weighted by Crippen LogP contribution is 2.39. The molecule has 2 atom stereocenters. The summed E-state index contributed by atoms with van der Waals surface area (Å²) in [5.74, 6) is -0.179. The zero-order valence-corrected chi connectivity index (χ0v) is 7.82. The molecule has 2 fully saturated rings. The number of rotatable bonds is 1. The predicted molar refractivity (Wildman–Crippen MR) is 46.2 cm³/mol. The van der Waals surface area contributed by atoms with Crippen molar-refractivity contribution in [2.24, 2.45) is 0 Å². The summed E-state index contributed by atoms with van der Waals surface area (Å²) in [6.45, 7) is 1.53. The fourth-order valence-electron chi connectivity index (χ4n) is 2.64. The summed E-state index contributed by atoms with van der Waals surface area (Å²) in [7, 11) is 1.41. The Kier molecular flexibility index (Phi) is 2.04. The van der Waals surface area contributed by atoms with E-state index in [1.165, 1.54) is 7.11 Å². The first-order valence-electron chi connectivity index (χ1n) is 4.70. The van der Waals surface area contributed by atoms with Gasteiger partial charge in [0.25, 0.3) is 0 Å². The van der Waals surface area contributed by atoms with Crippen LogP contribution in [0.5, 0.6) is 0 Å². The molecule has 2 heterocycles. The first kappa shape index (κ1) is 8.97. The summed E-state index contributed by atoms with van der Waals surface area (Å²) in [5, 5.41) is 9.50. The van der Waals surface area contributed by atoms with E-state index in [2.05, 4.69) is 4.90 Å². The van der Waals surface area contributed by atoms with Gasteiger partial charge in [-0.1, -0.05) is 0 Å². The third-order valence-corrected chi connectivity index (χ3v) is 3.19. The van der Waals surface area contributed by atoms with Crippen molar-refractivity contribution >= 4 is 5.97 Å². The quantitative estimate of drug-likeness (QED) is 0.573. The summed E-state index contributed by atoms with van der Waals surface area (Å²) in [6, 6.07) is 0. The van der Waals surface area contributed by atoms with E-state index in [0.717, 1.165) is 19.4 Å². The molecule has 2 saturated heterocycles. The summed E-state index contributed by atoms with van der Waals surface area (Å²) in [6.07, 6.45) is 2.04. The van der Waals surface area contributed by atoms with Gasteiger partial charge in [-0.2, -0.15) is 0 Å². The van der Waals surface area contributed by atoms with Gasteiger partial charge in [-0.05, 0) is 19.4 Å². The molecule has 0 unspecified atom stereocenters. The van der Waals surface area contributed by atoms with Crippen LogP contribution < -0.4 is 0 Å².